The van der Waals surface area contributed by atoms with Crippen LogP contribution in [0.5, 0.6) is 0 Å². The lowest BCUT2D eigenvalue weighted by molar-refractivity contribution is -0.137. The highest BCUT2D eigenvalue weighted by Crippen LogP contribution is 2.31. The number of carbonyl (C=O) groups is 1. The first-order valence-corrected chi connectivity index (χ1v) is 6.73. The van der Waals surface area contributed by atoms with Gasteiger partial charge in [-0.25, -0.2) is 0 Å². The topological polar surface area (TPSA) is 59.6 Å². The van der Waals surface area contributed by atoms with Crippen LogP contribution < -0.4 is 10.6 Å². The fourth-order valence-electron chi connectivity index (χ4n) is 2.59. The monoisotopic (exact) mass is 258 g/mol. The molecule has 2 N–H and O–H groups in total. The van der Waals surface area contributed by atoms with E-state index in [1.807, 2.05) is 0 Å². The molecule has 5 heteroatoms. The van der Waals surface area contributed by atoms with Crippen molar-refractivity contribution in [3.63, 3.8) is 0 Å². The summed E-state index contributed by atoms with van der Waals surface area (Å²) >= 11 is 0. The molecule has 0 aromatic heterocycles. The Kier molecular flexibility index (Phi) is 6.60. The quantitative estimate of drug-likeness (QED) is 0.666. The van der Waals surface area contributed by atoms with Crippen LogP contribution in [0.3, 0.4) is 0 Å². The Morgan fingerprint density at radius 1 is 1.44 bits per heavy atom. The van der Waals surface area contributed by atoms with Crippen molar-refractivity contribution in [1.82, 2.24) is 10.6 Å². The first-order chi connectivity index (χ1) is 8.68. The van der Waals surface area contributed by atoms with Crippen LogP contribution in [0.25, 0.3) is 0 Å². The summed E-state index contributed by atoms with van der Waals surface area (Å²) in [6.07, 6.45) is 3.60. The highest BCUT2D eigenvalue weighted by molar-refractivity contribution is 5.83. The van der Waals surface area contributed by atoms with Crippen molar-refractivity contribution in [2.75, 3.05) is 33.9 Å². The summed E-state index contributed by atoms with van der Waals surface area (Å²) in [5.41, 5.74) is -0.251. The average Bonchev–Trinajstić information content (AvgIpc) is 2.41. The fraction of sp³-hybridized carbons (Fsp3) is 0.923. The molecule has 106 valence electrons. The van der Waals surface area contributed by atoms with E-state index in [0.717, 1.165) is 38.8 Å². The standard InChI is InChI=1S/C13H26N2O3/c1-4-6-13(7-5-8-14-10-13)12(16)15-9-11(17-2)18-3/h11,14H,4-10H2,1-3H3,(H,15,16). The maximum absolute atomic E-state index is 12.4. The van der Waals surface area contributed by atoms with Crippen molar-refractivity contribution >= 4 is 5.91 Å². The summed E-state index contributed by atoms with van der Waals surface area (Å²) < 4.78 is 10.2. The van der Waals surface area contributed by atoms with Crippen LogP contribution in [0.1, 0.15) is 32.6 Å². The second-order valence-corrected chi connectivity index (χ2v) is 4.92. The van der Waals surface area contributed by atoms with E-state index < -0.39 is 0 Å². The van der Waals surface area contributed by atoms with Crippen LogP contribution in [-0.4, -0.2) is 46.1 Å². The molecule has 0 bridgehead atoms. The number of nitrogens with one attached hydrogen (secondary N) is 2. The van der Waals surface area contributed by atoms with Crippen molar-refractivity contribution in [2.24, 2.45) is 5.41 Å². The lowest BCUT2D eigenvalue weighted by atomic mass is 9.76. The number of ether oxygens (including phenoxy) is 2. The zero-order valence-corrected chi connectivity index (χ0v) is 11.8. The lowest BCUT2D eigenvalue weighted by Crippen LogP contribution is -2.51. The molecule has 1 amide bonds. The Morgan fingerprint density at radius 3 is 2.67 bits per heavy atom. The minimum absolute atomic E-state index is 0.121. The molecule has 0 aromatic carbocycles. The molecular weight excluding hydrogens is 232 g/mol. The molecule has 18 heavy (non-hydrogen) atoms. The molecular formula is C13H26N2O3. The molecule has 1 saturated heterocycles. The van der Waals surface area contributed by atoms with Crippen molar-refractivity contribution in [3.8, 4) is 0 Å². The van der Waals surface area contributed by atoms with Gasteiger partial charge in [0.25, 0.3) is 0 Å². The Bertz CT molecular complexity index is 243. The van der Waals surface area contributed by atoms with Gasteiger partial charge in [0.15, 0.2) is 6.29 Å². The van der Waals surface area contributed by atoms with Crippen LogP contribution in [-0.2, 0) is 14.3 Å². The van der Waals surface area contributed by atoms with Gasteiger partial charge in [-0.15, -0.1) is 0 Å². The van der Waals surface area contributed by atoms with E-state index in [-0.39, 0.29) is 17.6 Å². The van der Waals surface area contributed by atoms with Crippen LogP contribution in [0.4, 0.5) is 0 Å². The Hall–Kier alpha value is -0.650. The number of amides is 1. The zero-order chi connectivity index (χ0) is 13.4. The summed E-state index contributed by atoms with van der Waals surface area (Å²) in [5, 5.41) is 6.28. The second-order valence-electron chi connectivity index (χ2n) is 4.92. The third-order valence-electron chi connectivity index (χ3n) is 3.64. The van der Waals surface area contributed by atoms with Gasteiger partial charge in [-0.05, 0) is 25.8 Å². The summed E-state index contributed by atoms with van der Waals surface area (Å²) in [6.45, 7) is 4.31. The van der Waals surface area contributed by atoms with E-state index in [9.17, 15) is 4.79 Å². The Labute approximate surface area is 110 Å². The van der Waals surface area contributed by atoms with Gasteiger partial charge in [-0.3, -0.25) is 4.79 Å². The normalized spacial score (nSPS) is 24.2. The summed E-state index contributed by atoms with van der Waals surface area (Å²) in [6, 6.07) is 0. The first-order valence-electron chi connectivity index (χ1n) is 6.73. The molecule has 1 aliphatic heterocycles. The van der Waals surface area contributed by atoms with Gasteiger partial charge in [0.05, 0.1) is 12.0 Å². The fourth-order valence-corrected chi connectivity index (χ4v) is 2.59. The molecule has 1 fully saturated rings. The number of methoxy groups -OCH3 is 2. The van der Waals surface area contributed by atoms with Crippen LogP contribution in [0.15, 0.2) is 0 Å². The summed E-state index contributed by atoms with van der Waals surface area (Å²) in [7, 11) is 3.15. The molecule has 0 saturated carbocycles. The van der Waals surface area contributed by atoms with E-state index in [1.54, 1.807) is 14.2 Å². The summed E-state index contributed by atoms with van der Waals surface area (Å²) in [4.78, 5) is 12.4. The maximum atomic E-state index is 12.4. The van der Waals surface area contributed by atoms with Gasteiger partial charge in [0.2, 0.25) is 5.91 Å². The van der Waals surface area contributed by atoms with E-state index >= 15 is 0 Å². The Morgan fingerprint density at radius 2 is 2.17 bits per heavy atom. The zero-order valence-electron chi connectivity index (χ0n) is 11.8. The Balaban J connectivity index is 2.54. The van der Waals surface area contributed by atoms with Gasteiger partial charge in [0.1, 0.15) is 0 Å². The largest absolute Gasteiger partial charge is 0.354 e. The third kappa shape index (κ3) is 3.93. The van der Waals surface area contributed by atoms with Crippen LogP contribution in [0, 0.1) is 5.41 Å². The number of rotatable bonds is 7. The maximum Gasteiger partial charge on any atom is 0.227 e. The van der Waals surface area contributed by atoms with Crippen molar-refractivity contribution < 1.29 is 14.3 Å². The molecule has 1 atom stereocenters. The predicted molar refractivity (Wildman–Crippen MR) is 70.3 cm³/mol. The smallest absolute Gasteiger partial charge is 0.227 e. The van der Waals surface area contributed by atoms with Crippen molar-refractivity contribution in [1.29, 1.82) is 0 Å². The minimum Gasteiger partial charge on any atom is -0.354 e. The molecule has 0 spiro atoms. The molecule has 1 unspecified atom stereocenters. The van der Waals surface area contributed by atoms with E-state index in [1.165, 1.54) is 0 Å². The summed E-state index contributed by atoms with van der Waals surface area (Å²) in [5.74, 6) is 0.121. The van der Waals surface area contributed by atoms with Gasteiger partial charge in [-0.1, -0.05) is 13.3 Å². The van der Waals surface area contributed by atoms with Gasteiger partial charge in [0, 0.05) is 20.8 Å². The van der Waals surface area contributed by atoms with E-state index in [0.29, 0.717) is 6.54 Å². The van der Waals surface area contributed by atoms with Gasteiger partial charge in [-0.2, -0.15) is 0 Å². The van der Waals surface area contributed by atoms with Gasteiger partial charge < -0.3 is 20.1 Å². The van der Waals surface area contributed by atoms with Crippen molar-refractivity contribution in [3.05, 3.63) is 0 Å². The van der Waals surface area contributed by atoms with Gasteiger partial charge >= 0.3 is 0 Å². The highest BCUT2D eigenvalue weighted by atomic mass is 16.7. The molecule has 0 radical (unpaired) electrons. The van der Waals surface area contributed by atoms with E-state index in [2.05, 4.69) is 17.6 Å². The van der Waals surface area contributed by atoms with E-state index in [4.69, 9.17) is 9.47 Å². The SMILES string of the molecule is CCCC1(C(=O)NCC(OC)OC)CCCNC1. The third-order valence-corrected chi connectivity index (χ3v) is 3.64. The van der Waals surface area contributed by atoms with Crippen LogP contribution in [0.2, 0.25) is 0 Å². The number of carbonyl (C=O) groups excluding carboxylic acids is 1. The highest BCUT2D eigenvalue weighted by Gasteiger charge is 2.38. The number of hydrogen-bond acceptors (Lipinski definition) is 4. The number of piperidine rings is 1. The molecule has 1 rings (SSSR count). The first kappa shape index (κ1) is 15.4. The molecule has 1 heterocycles. The van der Waals surface area contributed by atoms with Crippen molar-refractivity contribution in [2.45, 2.75) is 38.9 Å². The lowest BCUT2D eigenvalue weighted by Gasteiger charge is -2.36. The minimum atomic E-state index is -0.371. The second kappa shape index (κ2) is 7.71. The van der Waals surface area contributed by atoms with Crippen LogP contribution >= 0.6 is 0 Å². The number of hydrogen-bond donors (Lipinski definition) is 2. The predicted octanol–water partition coefficient (Wildman–Crippen LogP) is 0.891. The average molecular weight is 258 g/mol. The molecule has 1 aliphatic rings. The molecule has 0 aromatic rings. The molecule has 5 nitrogen and oxygen atoms in total. The molecule has 0 aliphatic carbocycles.